The normalized spacial score (nSPS) is 11.1. The van der Waals surface area contributed by atoms with Gasteiger partial charge in [0.25, 0.3) is 5.91 Å². The molecule has 0 atom stereocenters. The van der Waals surface area contributed by atoms with Crippen molar-refractivity contribution in [3.8, 4) is 6.07 Å². The number of rotatable bonds is 5. The summed E-state index contributed by atoms with van der Waals surface area (Å²) in [5.41, 5.74) is 0.432. The molecule has 1 N–H and O–H groups in total. The molecule has 0 fully saturated rings. The Labute approximate surface area is 174 Å². The first-order valence-corrected chi connectivity index (χ1v) is 9.75. The third-order valence-electron chi connectivity index (χ3n) is 3.36. The van der Waals surface area contributed by atoms with Crippen LogP contribution in [0.2, 0.25) is 5.02 Å². The summed E-state index contributed by atoms with van der Waals surface area (Å²) < 4.78 is 6.50. The van der Waals surface area contributed by atoms with Gasteiger partial charge < -0.3 is 9.73 Å². The molecule has 0 unspecified atom stereocenters. The molecule has 0 aliphatic carbocycles. The van der Waals surface area contributed by atoms with Crippen molar-refractivity contribution in [2.45, 2.75) is 9.99 Å². The van der Waals surface area contributed by atoms with Crippen molar-refractivity contribution < 1.29 is 9.21 Å². The summed E-state index contributed by atoms with van der Waals surface area (Å²) in [5, 5.41) is 13.1. The Balaban J connectivity index is 1.78. The minimum Gasteiger partial charge on any atom is -0.449 e. The lowest BCUT2D eigenvalue weighted by Crippen LogP contribution is -2.13. The Kier molecular flexibility index (Phi) is 6.40. The van der Waals surface area contributed by atoms with Crippen LogP contribution in [-0.4, -0.2) is 5.91 Å². The lowest BCUT2D eigenvalue weighted by Gasteiger charge is -2.04. The largest absolute Gasteiger partial charge is 0.449 e. The zero-order valence-corrected chi connectivity index (χ0v) is 16.9. The van der Waals surface area contributed by atoms with Crippen molar-refractivity contribution in [3.05, 3.63) is 81.5 Å². The van der Waals surface area contributed by atoms with Gasteiger partial charge in [0.15, 0.2) is 5.09 Å². The van der Waals surface area contributed by atoms with Crippen LogP contribution in [0.15, 0.2) is 85.1 Å². The fraction of sp³-hybridized carbons (Fsp3) is 0. The van der Waals surface area contributed by atoms with Crippen molar-refractivity contribution in [3.63, 3.8) is 0 Å². The maximum atomic E-state index is 12.3. The molecule has 1 heterocycles. The molecular weight excluding hydrogens is 448 g/mol. The summed E-state index contributed by atoms with van der Waals surface area (Å²) in [4.78, 5) is 13.4. The summed E-state index contributed by atoms with van der Waals surface area (Å²) >= 11 is 10.8. The maximum Gasteiger partial charge on any atom is 0.266 e. The second-order valence-electron chi connectivity index (χ2n) is 5.33. The third-order valence-corrected chi connectivity index (χ3v) is 5.45. The standard InChI is InChI=1S/C20H12BrClN2O2S/c21-18-11-16(26-20(18)27-17-7-2-1-3-8-17)9-13(12-23)19(25)24-15-6-4-5-14(22)10-15/h1-11H,(H,24,25)/b13-9-. The van der Waals surface area contributed by atoms with E-state index in [-0.39, 0.29) is 5.57 Å². The predicted molar refractivity (Wildman–Crippen MR) is 111 cm³/mol. The van der Waals surface area contributed by atoms with Crippen LogP contribution in [-0.2, 0) is 4.79 Å². The highest BCUT2D eigenvalue weighted by atomic mass is 79.9. The summed E-state index contributed by atoms with van der Waals surface area (Å²) in [6.45, 7) is 0. The maximum absolute atomic E-state index is 12.3. The van der Waals surface area contributed by atoms with Crippen molar-refractivity contribution >= 4 is 57.0 Å². The number of hydrogen-bond donors (Lipinski definition) is 1. The van der Waals surface area contributed by atoms with Gasteiger partial charge in [0.2, 0.25) is 0 Å². The van der Waals surface area contributed by atoms with E-state index < -0.39 is 5.91 Å². The van der Waals surface area contributed by atoms with Gasteiger partial charge in [-0.15, -0.1) is 0 Å². The Hall–Kier alpha value is -2.46. The van der Waals surface area contributed by atoms with Crippen LogP contribution in [0, 0.1) is 11.3 Å². The van der Waals surface area contributed by atoms with Gasteiger partial charge >= 0.3 is 0 Å². The van der Waals surface area contributed by atoms with Crippen LogP contribution in [0.25, 0.3) is 6.08 Å². The van der Waals surface area contributed by atoms with E-state index in [2.05, 4.69) is 21.2 Å². The fourth-order valence-electron chi connectivity index (χ4n) is 2.16. The molecule has 3 aromatic rings. The minimum absolute atomic E-state index is 0.0764. The summed E-state index contributed by atoms with van der Waals surface area (Å²) in [5.74, 6) is -0.136. The van der Waals surface area contributed by atoms with Crippen LogP contribution < -0.4 is 5.32 Å². The second-order valence-corrected chi connectivity index (χ2v) is 7.67. The number of nitrogens with one attached hydrogen (secondary N) is 1. The number of hydrogen-bond acceptors (Lipinski definition) is 4. The van der Waals surface area contributed by atoms with Gasteiger partial charge in [0.1, 0.15) is 17.4 Å². The average molecular weight is 460 g/mol. The Morgan fingerprint density at radius 3 is 2.67 bits per heavy atom. The number of nitriles is 1. The van der Waals surface area contributed by atoms with E-state index in [1.807, 2.05) is 36.4 Å². The molecule has 0 radical (unpaired) electrons. The molecule has 0 bridgehead atoms. The summed E-state index contributed by atoms with van der Waals surface area (Å²) in [7, 11) is 0. The zero-order chi connectivity index (χ0) is 19.2. The number of halogens is 2. The van der Waals surface area contributed by atoms with Crippen LogP contribution in [0.1, 0.15) is 5.76 Å². The number of carbonyl (C=O) groups excluding carboxylic acids is 1. The smallest absolute Gasteiger partial charge is 0.266 e. The van der Waals surface area contributed by atoms with E-state index in [0.717, 1.165) is 9.37 Å². The van der Waals surface area contributed by atoms with Crippen LogP contribution >= 0.6 is 39.3 Å². The summed E-state index contributed by atoms with van der Waals surface area (Å²) in [6, 6.07) is 20.1. The lowest BCUT2D eigenvalue weighted by atomic mass is 10.2. The van der Waals surface area contributed by atoms with E-state index in [9.17, 15) is 10.1 Å². The molecule has 0 aliphatic rings. The number of carbonyl (C=O) groups is 1. The first kappa shape index (κ1) is 19.3. The van der Waals surface area contributed by atoms with E-state index in [4.69, 9.17) is 16.0 Å². The van der Waals surface area contributed by atoms with Gasteiger partial charge in [-0.3, -0.25) is 4.79 Å². The molecule has 0 saturated carbocycles. The van der Waals surface area contributed by atoms with Gasteiger partial charge in [-0.25, -0.2) is 0 Å². The zero-order valence-electron chi connectivity index (χ0n) is 13.8. The molecule has 134 valence electrons. The number of furan rings is 1. The van der Waals surface area contributed by atoms with Gasteiger partial charge in [0, 0.05) is 21.7 Å². The minimum atomic E-state index is -0.537. The first-order chi connectivity index (χ1) is 13.0. The fourth-order valence-corrected chi connectivity index (χ4v) is 3.70. The first-order valence-electron chi connectivity index (χ1n) is 7.76. The van der Waals surface area contributed by atoms with Crippen molar-refractivity contribution in [1.29, 1.82) is 5.26 Å². The molecule has 0 saturated heterocycles. The van der Waals surface area contributed by atoms with Gasteiger partial charge in [0.05, 0.1) is 4.47 Å². The van der Waals surface area contributed by atoms with Crippen molar-refractivity contribution in [2.75, 3.05) is 5.32 Å². The van der Waals surface area contributed by atoms with E-state index in [0.29, 0.717) is 21.6 Å². The van der Waals surface area contributed by atoms with Crippen molar-refractivity contribution in [2.24, 2.45) is 0 Å². The highest BCUT2D eigenvalue weighted by Crippen LogP contribution is 2.36. The number of benzene rings is 2. The third kappa shape index (κ3) is 5.27. The molecule has 4 nitrogen and oxygen atoms in total. The molecule has 3 rings (SSSR count). The van der Waals surface area contributed by atoms with Gasteiger partial charge in [-0.1, -0.05) is 47.6 Å². The van der Waals surface area contributed by atoms with E-state index in [1.54, 1.807) is 30.3 Å². The molecule has 1 aromatic heterocycles. The highest BCUT2D eigenvalue weighted by Gasteiger charge is 2.14. The monoisotopic (exact) mass is 458 g/mol. The molecule has 2 aromatic carbocycles. The van der Waals surface area contributed by atoms with E-state index in [1.165, 1.54) is 17.8 Å². The quantitative estimate of drug-likeness (QED) is 0.354. The molecule has 7 heteroatoms. The SMILES string of the molecule is N#C/C(=C/c1cc(Br)c(Sc2ccccc2)o1)C(=O)Nc1cccc(Cl)c1. The van der Waals surface area contributed by atoms with Gasteiger partial charge in [-0.05, 0) is 52.3 Å². The Bertz CT molecular complexity index is 1040. The summed E-state index contributed by atoms with van der Waals surface area (Å²) in [6.07, 6.45) is 1.40. The molecule has 0 aliphatic heterocycles. The Morgan fingerprint density at radius 2 is 1.96 bits per heavy atom. The lowest BCUT2D eigenvalue weighted by molar-refractivity contribution is -0.112. The second kappa shape index (κ2) is 8.96. The molecule has 27 heavy (non-hydrogen) atoms. The van der Waals surface area contributed by atoms with Crippen LogP contribution in [0.5, 0.6) is 0 Å². The van der Waals surface area contributed by atoms with E-state index >= 15 is 0 Å². The average Bonchev–Trinajstić information content (AvgIpc) is 2.99. The highest BCUT2D eigenvalue weighted by molar-refractivity contribution is 9.10. The number of nitrogens with zero attached hydrogens (tertiary/aromatic N) is 1. The number of amides is 1. The molecule has 0 spiro atoms. The predicted octanol–water partition coefficient (Wildman–Crippen LogP) is 6.39. The van der Waals surface area contributed by atoms with Crippen LogP contribution in [0.3, 0.4) is 0 Å². The Morgan fingerprint density at radius 1 is 1.19 bits per heavy atom. The molecular formula is C20H12BrClN2O2S. The topological polar surface area (TPSA) is 66.0 Å². The van der Waals surface area contributed by atoms with Crippen molar-refractivity contribution in [1.82, 2.24) is 0 Å². The molecule has 1 amide bonds. The number of anilines is 1. The van der Waals surface area contributed by atoms with Crippen LogP contribution in [0.4, 0.5) is 5.69 Å². The van der Waals surface area contributed by atoms with Gasteiger partial charge in [-0.2, -0.15) is 5.26 Å².